The van der Waals surface area contributed by atoms with Gasteiger partial charge >= 0.3 is 5.97 Å². The molecule has 0 saturated carbocycles. The molecule has 0 saturated heterocycles. The molecule has 0 unspecified atom stereocenters. The van der Waals surface area contributed by atoms with Crippen LogP contribution in [0.15, 0.2) is 59.2 Å². The Bertz CT molecular complexity index is 1430. The fourth-order valence-corrected chi connectivity index (χ4v) is 4.23. The first-order valence-electron chi connectivity index (χ1n) is 8.94. The van der Waals surface area contributed by atoms with E-state index in [1.54, 1.807) is 6.92 Å². The molecule has 3 aromatic heterocycles. The Hall–Kier alpha value is -3.12. The lowest BCUT2D eigenvalue weighted by Crippen LogP contribution is -2.17. The largest absolute Gasteiger partial charge is 0.460 e. The maximum Gasteiger partial charge on any atom is 0.379 e. The highest BCUT2D eigenvalue weighted by Crippen LogP contribution is 2.36. The van der Waals surface area contributed by atoms with E-state index >= 15 is 0 Å². The van der Waals surface area contributed by atoms with E-state index in [4.69, 9.17) is 4.74 Å². The van der Waals surface area contributed by atoms with Gasteiger partial charge in [0.05, 0.1) is 28.7 Å². The van der Waals surface area contributed by atoms with Crippen molar-refractivity contribution in [2.75, 3.05) is 6.61 Å². The summed E-state index contributed by atoms with van der Waals surface area (Å²) < 4.78 is 7.85. The van der Waals surface area contributed by atoms with Crippen LogP contribution in [0.3, 0.4) is 0 Å². The van der Waals surface area contributed by atoms with Crippen LogP contribution in [0.1, 0.15) is 17.3 Å². The SMILES string of the molecule is CCOC(=O)C(=O)c1c2ccc(Br)cc2n2ccc3c4ccccc4[nH]c3c12. The number of esters is 1. The molecule has 28 heavy (non-hydrogen) atoms. The number of carbonyl (C=O) groups is 2. The average molecular weight is 435 g/mol. The van der Waals surface area contributed by atoms with Crippen molar-refractivity contribution in [2.45, 2.75) is 6.92 Å². The molecule has 0 aliphatic heterocycles. The second kappa shape index (κ2) is 6.21. The number of ether oxygens (including phenoxy) is 1. The molecule has 0 amide bonds. The number of hydrogen-bond donors (Lipinski definition) is 1. The smallest absolute Gasteiger partial charge is 0.379 e. The van der Waals surface area contributed by atoms with Crippen LogP contribution in [-0.2, 0) is 9.53 Å². The van der Waals surface area contributed by atoms with Gasteiger partial charge in [0.15, 0.2) is 0 Å². The minimum atomic E-state index is -0.840. The highest BCUT2D eigenvalue weighted by atomic mass is 79.9. The Morgan fingerprint density at radius 3 is 2.71 bits per heavy atom. The van der Waals surface area contributed by atoms with Gasteiger partial charge in [-0.2, -0.15) is 0 Å². The quantitative estimate of drug-likeness (QED) is 0.240. The van der Waals surface area contributed by atoms with Gasteiger partial charge in [0.25, 0.3) is 5.78 Å². The number of ketones is 1. The number of H-pyrrole nitrogens is 1. The minimum Gasteiger partial charge on any atom is -0.460 e. The van der Waals surface area contributed by atoms with Crippen molar-refractivity contribution in [1.29, 1.82) is 0 Å². The highest BCUT2D eigenvalue weighted by molar-refractivity contribution is 9.10. The summed E-state index contributed by atoms with van der Waals surface area (Å²) in [6, 6.07) is 15.7. The first-order chi connectivity index (χ1) is 13.6. The van der Waals surface area contributed by atoms with Crippen LogP contribution in [0, 0.1) is 0 Å². The zero-order valence-electron chi connectivity index (χ0n) is 15.0. The summed E-state index contributed by atoms with van der Waals surface area (Å²) in [6.45, 7) is 1.84. The Morgan fingerprint density at radius 2 is 1.89 bits per heavy atom. The molecule has 5 aromatic rings. The predicted molar refractivity (Wildman–Crippen MR) is 113 cm³/mol. The van der Waals surface area contributed by atoms with Crippen molar-refractivity contribution >= 4 is 65.9 Å². The molecular weight excluding hydrogens is 420 g/mol. The maximum atomic E-state index is 13.1. The van der Waals surface area contributed by atoms with Crippen molar-refractivity contribution in [3.05, 3.63) is 64.8 Å². The second-order valence-corrected chi connectivity index (χ2v) is 7.50. The molecule has 0 aliphatic carbocycles. The first-order valence-corrected chi connectivity index (χ1v) is 9.73. The summed E-state index contributed by atoms with van der Waals surface area (Å²) in [5.41, 5.74) is 3.69. The molecule has 0 fully saturated rings. The van der Waals surface area contributed by atoms with Crippen molar-refractivity contribution < 1.29 is 14.3 Å². The van der Waals surface area contributed by atoms with E-state index < -0.39 is 11.8 Å². The van der Waals surface area contributed by atoms with Gasteiger partial charge in [0, 0.05) is 32.3 Å². The van der Waals surface area contributed by atoms with E-state index in [0.29, 0.717) is 16.5 Å². The van der Waals surface area contributed by atoms with Gasteiger partial charge in [-0.3, -0.25) is 4.79 Å². The van der Waals surface area contributed by atoms with Crippen molar-refractivity contribution in [2.24, 2.45) is 0 Å². The van der Waals surface area contributed by atoms with Crippen LogP contribution in [0.4, 0.5) is 0 Å². The molecule has 0 aliphatic rings. The zero-order valence-corrected chi connectivity index (χ0v) is 16.5. The van der Waals surface area contributed by atoms with Gasteiger partial charge in [-0.15, -0.1) is 0 Å². The number of fused-ring (bicyclic) bond motifs is 7. The number of para-hydroxylation sites is 1. The van der Waals surface area contributed by atoms with Crippen molar-refractivity contribution in [3.8, 4) is 0 Å². The third kappa shape index (κ3) is 2.31. The highest BCUT2D eigenvalue weighted by Gasteiger charge is 2.27. The number of benzene rings is 2. The van der Waals surface area contributed by atoms with Crippen LogP contribution in [-0.4, -0.2) is 27.7 Å². The summed E-state index contributed by atoms with van der Waals surface area (Å²) in [6.07, 6.45) is 1.94. The molecule has 3 heterocycles. The van der Waals surface area contributed by atoms with Crippen molar-refractivity contribution in [3.63, 3.8) is 0 Å². The molecule has 1 N–H and O–H groups in total. The van der Waals surface area contributed by atoms with Gasteiger partial charge in [-0.1, -0.05) is 40.2 Å². The van der Waals surface area contributed by atoms with Gasteiger partial charge < -0.3 is 14.1 Å². The van der Waals surface area contributed by atoms with Gasteiger partial charge in [-0.25, -0.2) is 4.79 Å². The number of carbonyl (C=O) groups excluding carboxylic acids is 2. The molecule has 0 radical (unpaired) electrons. The van der Waals surface area contributed by atoms with E-state index in [-0.39, 0.29) is 6.61 Å². The number of Topliss-reactive ketones (excluding diaryl/α,β-unsaturated/α-hetero) is 1. The zero-order chi connectivity index (χ0) is 19.4. The Kier molecular flexibility index (Phi) is 3.77. The van der Waals surface area contributed by atoms with E-state index in [0.717, 1.165) is 31.8 Å². The van der Waals surface area contributed by atoms with E-state index in [1.807, 2.05) is 59.1 Å². The van der Waals surface area contributed by atoms with Crippen LogP contribution >= 0.6 is 15.9 Å². The number of rotatable bonds is 3. The van der Waals surface area contributed by atoms with Crippen LogP contribution in [0.2, 0.25) is 0 Å². The van der Waals surface area contributed by atoms with Crippen molar-refractivity contribution in [1.82, 2.24) is 9.38 Å². The molecule has 138 valence electrons. The standard InChI is InChI=1S/C22H15BrN2O3/c1-2-28-22(27)21(26)18-15-8-7-12(23)11-17(15)25-10-9-14-13-5-3-4-6-16(13)24-19(14)20(18)25/h3-11,24H,2H2,1H3. The molecule has 2 aromatic carbocycles. The molecule has 0 bridgehead atoms. The monoisotopic (exact) mass is 434 g/mol. The molecular formula is C22H15BrN2O3. The number of pyridine rings is 1. The number of aromatic amines is 1. The summed E-state index contributed by atoms with van der Waals surface area (Å²) in [7, 11) is 0. The van der Waals surface area contributed by atoms with Gasteiger partial charge in [0.1, 0.15) is 0 Å². The van der Waals surface area contributed by atoms with E-state index in [9.17, 15) is 9.59 Å². The third-order valence-electron chi connectivity index (χ3n) is 5.03. The number of nitrogens with zero attached hydrogens (tertiary/aromatic N) is 1. The normalized spacial score (nSPS) is 11.6. The Morgan fingerprint density at radius 1 is 1.07 bits per heavy atom. The third-order valence-corrected chi connectivity index (χ3v) is 5.52. The summed E-state index contributed by atoms with van der Waals surface area (Å²) in [5, 5.41) is 2.79. The fraction of sp³-hybridized carbons (Fsp3) is 0.0909. The van der Waals surface area contributed by atoms with Gasteiger partial charge in [-0.05, 0) is 31.2 Å². The topological polar surface area (TPSA) is 63.6 Å². The lowest BCUT2D eigenvalue weighted by molar-refractivity contribution is -0.137. The Balaban J connectivity index is 1.98. The van der Waals surface area contributed by atoms with Crippen LogP contribution in [0.5, 0.6) is 0 Å². The summed E-state index contributed by atoms with van der Waals surface area (Å²) >= 11 is 3.50. The lowest BCUT2D eigenvalue weighted by Gasteiger charge is -2.02. The average Bonchev–Trinajstić information content (AvgIpc) is 3.23. The number of nitrogens with one attached hydrogen (secondary N) is 1. The predicted octanol–water partition coefficient (Wildman–Crippen LogP) is 5.24. The minimum absolute atomic E-state index is 0.154. The van der Waals surface area contributed by atoms with Crippen LogP contribution in [0.25, 0.3) is 38.2 Å². The molecule has 0 atom stereocenters. The lowest BCUT2D eigenvalue weighted by atomic mass is 10.1. The number of halogens is 1. The number of hydrogen-bond acceptors (Lipinski definition) is 3. The van der Waals surface area contributed by atoms with Gasteiger partial charge in [0.2, 0.25) is 0 Å². The first kappa shape index (κ1) is 17.0. The molecule has 5 nitrogen and oxygen atoms in total. The number of aromatic nitrogens is 2. The van der Waals surface area contributed by atoms with E-state index in [1.165, 1.54) is 0 Å². The second-order valence-electron chi connectivity index (χ2n) is 6.58. The molecule has 6 heteroatoms. The maximum absolute atomic E-state index is 13.1. The summed E-state index contributed by atoms with van der Waals surface area (Å²) in [5.74, 6) is -1.48. The van der Waals surface area contributed by atoms with Crippen LogP contribution < -0.4 is 0 Å². The fourth-order valence-electron chi connectivity index (χ4n) is 3.89. The van der Waals surface area contributed by atoms with E-state index in [2.05, 4.69) is 20.9 Å². The Labute approximate surface area is 168 Å². The summed E-state index contributed by atoms with van der Waals surface area (Å²) in [4.78, 5) is 28.8. The molecule has 5 rings (SSSR count). The molecule has 0 spiro atoms.